The molecule has 2 aromatic rings. The Hall–Kier alpha value is -3.55. The van der Waals surface area contributed by atoms with Crippen molar-refractivity contribution in [2.45, 2.75) is 25.8 Å². The molecule has 8 heteroatoms. The summed E-state index contributed by atoms with van der Waals surface area (Å²) < 4.78 is 5.15. The molecule has 0 saturated carbocycles. The quantitative estimate of drug-likeness (QED) is 0.698. The third-order valence-electron chi connectivity index (χ3n) is 5.99. The highest BCUT2D eigenvalue weighted by Crippen LogP contribution is 2.32. The van der Waals surface area contributed by atoms with Crippen molar-refractivity contribution >= 4 is 29.2 Å². The van der Waals surface area contributed by atoms with Gasteiger partial charge in [0.1, 0.15) is 17.8 Å². The van der Waals surface area contributed by atoms with E-state index in [1.165, 1.54) is 5.56 Å². The number of urea groups is 1. The van der Waals surface area contributed by atoms with Gasteiger partial charge in [0.25, 0.3) is 5.91 Å². The van der Waals surface area contributed by atoms with Gasteiger partial charge < -0.3 is 20.3 Å². The van der Waals surface area contributed by atoms with E-state index in [2.05, 4.69) is 22.5 Å². The first-order chi connectivity index (χ1) is 14.9. The number of methoxy groups -OCH3 is 1. The van der Waals surface area contributed by atoms with Crippen molar-refractivity contribution in [2.24, 2.45) is 0 Å². The number of carbonyl (C=O) groups excluding carboxylic acids is 3. The number of amides is 4. The lowest BCUT2D eigenvalue weighted by molar-refractivity contribution is -0.133. The van der Waals surface area contributed by atoms with Crippen molar-refractivity contribution in [1.82, 2.24) is 10.2 Å². The van der Waals surface area contributed by atoms with Crippen LogP contribution in [0.2, 0.25) is 0 Å². The molecule has 4 rings (SSSR count). The second-order valence-corrected chi connectivity index (χ2v) is 7.90. The molecule has 1 fully saturated rings. The highest BCUT2D eigenvalue weighted by Gasteiger charge is 2.49. The first-order valence-electron chi connectivity index (χ1n) is 10.3. The summed E-state index contributed by atoms with van der Waals surface area (Å²) in [6, 6.07) is 12.1. The fourth-order valence-corrected chi connectivity index (χ4v) is 4.16. The van der Waals surface area contributed by atoms with Crippen molar-refractivity contribution < 1.29 is 19.1 Å². The Kier molecular flexibility index (Phi) is 5.31. The zero-order chi connectivity index (χ0) is 22.2. The van der Waals surface area contributed by atoms with Gasteiger partial charge in [-0.25, -0.2) is 4.79 Å². The fraction of sp³-hybridized carbons (Fsp3) is 0.348. The molecule has 8 nitrogen and oxygen atoms in total. The van der Waals surface area contributed by atoms with Crippen LogP contribution in [0.15, 0.2) is 42.5 Å². The summed E-state index contributed by atoms with van der Waals surface area (Å²) in [7, 11) is 1.56. The molecule has 0 aliphatic carbocycles. The lowest BCUT2D eigenvalue weighted by atomic mass is 9.92. The summed E-state index contributed by atoms with van der Waals surface area (Å²) in [5.41, 5.74) is 2.40. The van der Waals surface area contributed by atoms with Crippen molar-refractivity contribution in [2.75, 3.05) is 37.0 Å². The number of nitrogens with one attached hydrogen (secondary N) is 2. The van der Waals surface area contributed by atoms with Crippen molar-refractivity contribution in [3.63, 3.8) is 0 Å². The van der Waals surface area contributed by atoms with E-state index in [-0.39, 0.29) is 6.54 Å². The maximum atomic E-state index is 13.0. The number of benzene rings is 2. The Labute approximate surface area is 181 Å². The van der Waals surface area contributed by atoms with Crippen LogP contribution in [-0.2, 0) is 21.5 Å². The maximum Gasteiger partial charge on any atom is 0.325 e. The molecule has 0 radical (unpaired) electrons. The number of rotatable bonds is 6. The zero-order valence-corrected chi connectivity index (χ0v) is 17.9. The van der Waals surface area contributed by atoms with Crippen LogP contribution in [0, 0.1) is 0 Å². The van der Waals surface area contributed by atoms with Gasteiger partial charge in [-0.05, 0) is 55.7 Å². The molecule has 0 spiro atoms. The monoisotopic (exact) mass is 422 g/mol. The highest BCUT2D eigenvalue weighted by molar-refractivity contribution is 6.10. The van der Waals surface area contributed by atoms with Gasteiger partial charge in [0.05, 0.1) is 7.11 Å². The normalized spacial score (nSPS) is 20.0. The Morgan fingerprint density at radius 1 is 1.19 bits per heavy atom. The third kappa shape index (κ3) is 3.69. The van der Waals surface area contributed by atoms with Gasteiger partial charge in [-0.3, -0.25) is 14.5 Å². The molecule has 2 N–H and O–H groups in total. The minimum atomic E-state index is -1.24. The second kappa shape index (κ2) is 7.94. The molecule has 2 heterocycles. The van der Waals surface area contributed by atoms with Crippen LogP contribution in [0.5, 0.6) is 5.75 Å². The summed E-state index contributed by atoms with van der Waals surface area (Å²) >= 11 is 0. The van der Waals surface area contributed by atoms with E-state index in [0.29, 0.717) is 17.0 Å². The standard InChI is InChI=1S/C23H26N4O4/c1-4-26-12-11-15-5-8-17(13-19(15)26)24-20(28)14-27-21(29)23(2,25-22(27)30)16-6-9-18(31-3)10-7-16/h5-10,13H,4,11-12,14H2,1-3H3,(H,24,28)(H,25,30). The first-order valence-corrected chi connectivity index (χ1v) is 10.3. The molecule has 2 aromatic carbocycles. The van der Waals surface area contributed by atoms with Gasteiger partial charge in [-0.1, -0.05) is 18.2 Å². The number of anilines is 2. The van der Waals surface area contributed by atoms with Crippen molar-refractivity contribution in [3.05, 3.63) is 53.6 Å². The summed E-state index contributed by atoms with van der Waals surface area (Å²) in [6.45, 7) is 5.24. The first kappa shape index (κ1) is 20.7. The fourth-order valence-electron chi connectivity index (χ4n) is 4.16. The Bertz CT molecular complexity index is 1040. The van der Waals surface area contributed by atoms with Crippen molar-refractivity contribution in [3.8, 4) is 5.75 Å². The number of ether oxygens (including phenoxy) is 1. The number of carbonyl (C=O) groups is 3. The lowest BCUT2D eigenvalue weighted by Gasteiger charge is -2.22. The lowest BCUT2D eigenvalue weighted by Crippen LogP contribution is -2.42. The van der Waals surface area contributed by atoms with Gasteiger partial charge in [0.15, 0.2) is 0 Å². The molecule has 0 bridgehead atoms. The summed E-state index contributed by atoms with van der Waals surface area (Å²) in [5.74, 6) is -0.247. The number of hydrogen-bond donors (Lipinski definition) is 2. The smallest absolute Gasteiger partial charge is 0.325 e. The minimum Gasteiger partial charge on any atom is -0.497 e. The third-order valence-corrected chi connectivity index (χ3v) is 5.99. The largest absolute Gasteiger partial charge is 0.497 e. The molecule has 4 amide bonds. The van der Waals surface area contributed by atoms with Crippen LogP contribution in [0.4, 0.5) is 16.2 Å². The predicted octanol–water partition coefficient (Wildman–Crippen LogP) is 2.48. The average molecular weight is 422 g/mol. The Morgan fingerprint density at radius 2 is 1.94 bits per heavy atom. The van der Waals surface area contributed by atoms with E-state index in [0.717, 1.165) is 30.1 Å². The van der Waals surface area contributed by atoms with Crippen LogP contribution < -0.4 is 20.3 Å². The van der Waals surface area contributed by atoms with Gasteiger partial charge in [0.2, 0.25) is 5.91 Å². The number of likely N-dealkylation sites (N-methyl/N-ethyl adjacent to an activating group) is 1. The zero-order valence-electron chi connectivity index (χ0n) is 17.9. The summed E-state index contributed by atoms with van der Waals surface area (Å²) in [6.07, 6.45) is 0.990. The summed E-state index contributed by atoms with van der Waals surface area (Å²) in [4.78, 5) is 41.4. The average Bonchev–Trinajstić information content (AvgIpc) is 3.27. The van der Waals surface area contributed by atoms with E-state index >= 15 is 0 Å². The Morgan fingerprint density at radius 3 is 2.61 bits per heavy atom. The summed E-state index contributed by atoms with van der Waals surface area (Å²) in [5, 5.41) is 5.52. The molecule has 162 valence electrons. The molecule has 1 atom stereocenters. The van der Waals surface area contributed by atoms with Crippen LogP contribution in [0.3, 0.4) is 0 Å². The highest BCUT2D eigenvalue weighted by atomic mass is 16.5. The van der Waals surface area contributed by atoms with Crippen LogP contribution in [-0.4, -0.2) is 49.5 Å². The molecule has 2 aliphatic rings. The number of fused-ring (bicyclic) bond motifs is 1. The predicted molar refractivity (Wildman–Crippen MR) is 117 cm³/mol. The van der Waals surface area contributed by atoms with E-state index in [9.17, 15) is 14.4 Å². The van der Waals surface area contributed by atoms with Crippen molar-refractivity contribution in [1.29, 1.82) is 0 Å². The second-order valence-electron chi connectivity index (χ2n) is 7.90. The minimum absolute atomic E-state index is 0.356. The Balaban J connectivity index is 1.46. The molecule has 0 aromatic heterocycles. The number of imide groups is 1. The van der Waals surface area contributed by atoms with Crippen LogP contribution in [0.25, 0.3) is 0 Å². The molecule has 31 heavy (non-hydrogen) atoms. The number of nitrogens with zero attached hydrogens (tertiary/aromatic N) is 2. The number of hydrogen-bond acceptors (Lipinski definition) is 5. The van der Waals surface area contributed by atoms with Gasteiger partial charge in [-0.15, -0.1) is 0 Å². The maximum absolute atomic E-state index is 13.0. The molecular weight excluding hydrogens is 396 g/mol. The van der Waals surface area contributed by atoms with E-state index in [1.807, 2.05) is 18.2 Å². The van der Waals surface area contributed by atoms with Gasteiger partial charge in [0, 0.05) is 24.5 Å². The van der Waals surface area contributed by atoms with Gasteiger partial charge >= 0.3 is 6.03 Å². The van der Waals surface area contributed by atoms with Gasteiger partial charge in [-0.2, -0.15) is 0 Å². The topological polar surface area (TPSA) is 91.0 Å². The van der Waals surface area contributed by atoms with Crippen LogP contribution >= 0.6 is 0 Å². The van der Waals surface area contributed by atoms with E-state index in [1.54, 1.807) is 38.3 Å². The molecule has 1 unspecified atom stereocenters. The van der Waals surface area contributed by atoms with E-state index < -0.39 is 23.4 Å². The SMILES string of the molecule is CCN1CCc2ccc(NC(=O)CN3C(=O)NC(C)(c4ccc(OC)cc4)C3=O)cc21. The molecule has 1 saturated heterocycles. The van der Waals surface area contributed by atoms with Crippen LogP contribution in [0.1, 0.15) is 25.0 Å². The van der Waals surface area contributed by atoms with E-state index in [4.69, 9.17) is 4.74 Å². The molecular formula is C23H26N4O4. The molecule has 2 aliphatic heterocycles.